The van der Waals surface area contributed by atoms with Crippen LogP contribution in [0.15, 0.2) is 200 Å². The Labute approximate surface area is 326 Å². The van der Waals surface area contributed by atoms with Gasteiger partial charge in [-0.25, -0.2) is 15.0 Å². The molecule has 0 N–H and O–H groups in total. The van der Waals surface area contributed by atoms with Crippen molar-refractivity contribution in [3.8, 4) is 67.5 Å². The molecule has 0 atom stereocenters. The Morgan fingerprint density at radius 1 is 0.304 bits per heavy atom. The number of aromatic nitrogens is 3. The fourth-order valence-electron chi connectivity index (χ4n) is 9.13. The quantitative estimate of drug-likeness (QED) is 0.172. The molecule has 262 valence electrons. The summed E-state index contributed by atoms with van der Waals surface area (Å²) in [5, 5.41) is 0. The molecular formula is C53H35N3. The Morgan fingerprint density at radius 2 is 0.821 bits per heavy atom. The highest BCUT2D eigenvalue weighted by molar-refractivity contribution is 5.95. The molecule has 0 unspecified atom stereocenters. The second-order valence-corrected chi connectivity index (χ2v) is 14.7. The summed E-state index contributed by atoms with van der Waals surface area (Å²) in [5.41, 5.74) is 17.2. The van der Waals surface area contributed by atoms with Gasteiger partial charge in [0.15, 0.2) is 17.5 Å². The molecule has 2 aliphatic carbocycles. The maximum Gasteiger partial charge on any atom is 0.164 e. The SMILES string of the molecule is c1ccc(-c2nc(-c3ccccc3)nc(-c3cc4c(cc3-c3ccc5c(c3)-c3ccccc3C5)C(c3ccccc3)(c3ccccc3)c3ccccc3-4)n2)cc1. The molecular weight excluding hydrogens is 679 g/mol. The van der Waals surface area contributed by atoms with Crippen LogP contribution in [0.3, 0.4) is 0 Å². The predicted octanol–water partition coefficient (Wildman–Crippen LogP) is 12.5. The summed E-state index contributed by atoms with van der Waals surface area (Å²) in [4.78, 5) is 15.7. The lowest BCUT2D eigenvalue weighted by molar-refractivity contribution is 0.769. The van der Waals surface area contributed by atoms with Crippen molar-refractivity contribution < 1.29 is 0 Å². The highest BCUT2D eigenvalue weighted by Gasteiger charge is 2.46. The lowest BCUT2D eigenvalue weighted by Crippen LogP contribution is -2.28. The first-order valence-electron chi connectivity index (χ1n) is 19.2. The van der Waals surface area contributed by atoms with Gasteiger partial charge in [0.2, 0.25) is 0 Å². The van der Waals surface area contributed by atoms with E-state index in [4.69, 9.17) is 15.0 Å². The summed E-state index contributed by atoms with van der Waals surface area (Å²) in [7, 11) is 0. The fraction of sp³-hybridized carbons (Fsp3) is 0.0377. The van der Waals surface area contributed by atoms with Gasteiger partial charge in [-0.2, -0.15) is 0 Å². The maximum atomic E-state index is 5.31. The summed E-state index contributed by atoms with van der Waals surface area (Å²) in [5.74, 6) is 1.94. The van der Waals surface area contributed by atoms with Gasteiger partial charge >= 0.3 is 0 Å². The topological polar surface area (TPSA) is 38.7 Å². The van der Waals surface area contributed by atoms with Gasteiger partial charge in [0.25, 0.3) is 0 Å². The molecule has 1 aromatic heterocycles. The number of benzene rings is 8. The molecule has 56 heavy (non-hydrogen) atoms. The van der Waals surface area contributed by atoms with E-state index in [1.807, 2.05) is 36.4 Å². The van der Waals surface area contributed by atoms with Gasteiger partial charge in [-0.1, -0.05) is 182 Å². The Morgan fingerprint density at radius 3 is 1.46 bits per heavy atom. The van der Waals surface area contributed by atoms with Crippen LogP contribution in [0.1, 0.15) is 33.4 Å². The van der Waals surface area contributed by atoms with Crippen molar-refractivity contribution in [3.63, 3.8) is 0 Å². The van der Waals surface area contributed by atoms with Gasteiger partial charge in [0.1, 0.15) is 0 Å². The van der Waals surface area contributed by atoms with E-state index < -0.39 is 5.41 Å². The van der Waals surface area contributed by atoms with Gasteiger partial charge in [-0.05, 0) is 91.4 Å². The lowest BCUT2D eigenvalue weighted by atomic mass is 9.67. The lowest BCUT2D eigenvalue weighted by Gasteiger charge is -2.34. The average Bonchev–Trinajstić information content (AvgIpc) is 3.80. The van der Waals surface area contributed by atoms with Gasteiger partial charge in [-0.3, -0.25) is 0 Å². The molecule has 0 spiro atoms. The molecule has 0 saturated carbocycles. The zero-order valence-electron chi connectivity index (χ0n) is 30.6. The molecule has 0 amide bonds. The van der Waals surface area contributed by atoms with E-state index in [2.05, 4.69) is 164 Å². The third kappa shape index (κ3) is 5.02. The van der Waals surface area contributed by atoms with Gasteiger partial charge in [0.05, 0.1) is 5.41 Å². The van der Waals surface area contributed by atoms with Crippen LogP contribution >= 0.6 is 0 Å². The molecule has 0 aliphatic heterocycles. The third-order valence-electron chi connectivity index (χ3n) is 11.6. The van der Waals surface area contributed by atoms with E-state index in [1.165, 1.54) is 55.6 Å². The average molecular weight is 714 g/mol. The van der Waals surface area contributed by atoms with Crippen molar-refractivity contribution in [1.82, 2.24) is 15.0 Å². The van der Waals surface area contributed by atoms with Crippen molar-refractivity contribution >= 4 is 0 Å². The standard InChI is InChI=1S/C53H35N3/c1-5-17-35(18-6-1)50-54-51(36-19-7-2-8-20-36)56-52(55-50)47-33-46-43-27-15-16-28-48(43)53(40-22-9-3-10-23-40,41-24-11-4-12-25-41)49(46)34-45(47)39-30-29-38-31-37-21-13-14-26-42(37)44(38)32-39/h1-30,32-34H,31H2. The zero-order valence-corrected chi connectivity index (χ0v) is 30.6. The van der Waals surface area contributed by atoms with E-state index in [0.29, 0.717) is 17.5 Å². The van der Waals surface area contributed by atoms with Crippen LogP contribution in [0, 0.1) is 0 Å². The molecule has 2 aliphatic rings. The second kappa shape index (κ2) is 13.0. The molecule has 3 nitrogen and oxygen atoms in total. The molecule has 1 heterocycles. The number of hydrogen-bond donors (Lipinski definition) is 0. The minimum atomic E-state index is -0.547. The second-order valence-electron chi connectivity index (χ2n) is 14.7. The molecule has 8 aromatic carbocycles. The minimum Gasteiger partial charge on any atom is -0.208 e. The Kier molecular flexibility index (Phi) is 7.46. The molecule has 11 rings (SSSR count). The van der Waals surface area contributed by atoms with Crippen LogP contribution in [0.2, 0.25) is 0 Å². The highest BCUT2D eigenvalue weighted by Crippen LogP contribution is 2.58. The summed E-state index contributed by atoms with van der Waals surface area (Å²) in [6.45, 7) is 0. The molecule has 0 radical (unpaired) electrons. The van der Waals surface area contributed by atoms with Crippen molar-refractivity contribution in [3.05, 3.63) is 234 Å². The van der Waals surface area contributed by atoms with Crippen LogP contribution in [-0.4, -0.2) is 15.0 Å². The van der Waals surface area contributed by atoms with E-state index in [9.17, 15) is 0 Å². The smallest absolute Gasteiger partial charge is 0.164 e. The van der Waals surface area contributed by atoms with Crippen LogP contribution < -0.4 is 0 Å². The van der Waals surface area contributed by atoms with Crippen LogP contribution in [0.4, 0.5) is 0 Å². The van der Waals surface area contributed by atoms with E-state index in [-0.39, 0.29) is 0 Å². The molecule has 9 aromatic rings. The zero-order chi connectivity index (χ0) is 37.1. The van der Waals surface area contributed by atoms with Gasteiger partial charge < -0.3 is 0 Å². The third-order valence-corrected chi connectivity index (χ3v) is 11.6. The largest absolute Gasteiger partial charge is 0.208 e. The predicted molar refractivity (Wildman–Crippen MR) is 227 cm³/mol. The fourth-order valence-corrected chi connectivity index (χ4v) is 9.13. The van der Waals surface area contributed by atoms with Crippen LogP contribution in [0.25, 0.3) is 67.5 Å². The molecule has 3 heteroatoms. The van der Waals surface area contributed by atoms with Gasteiger partial charge in [0, 0.05) is 16.7 Å². The Hall–Kier alpha value is -7.23. The first kappa shape index (κ1) is 32.2. The molecule has 0 saturated heterocycles. The number of nitrogens with zero attached hydrogens (tertiary/aromatic N) is 3. The maximum absolute atomic E-state index is 5.31. The first-order valence-corrected chi connectivity index (χ1v) is 19.2. The van der Waals surface area contributed by atoms with Crippen LogP contribution in [0.5, 0.6) is 0 Å². The molecule has 0 fully saturated rings. The van der Waals surface area contributed by atoms with Crippen molar-refractivity contribution in [2.45, 2.75) is 11.8 Å². The number of hydrogen-bond acceptors (Lipinski definition) is 3. The Balaban J connectivity index is 1.25. The van der Waals surface area contributed by atoms with Crippen molar-refractivity contribution in [1.29, 1.82) is 0 Å². The summed E-state index contributed by atoms with van der Waals surface area (Å²) >= 11 is 0. The summed E-state index contributed by atoms with van der Waals surface area (Å²) < 4.78 is 0. The minimum absolute atomic E-state index is 0.547. The number of fused-ring (bicyclic) bond motifs is 6. The van der Waals surface area contributed by atoms with E-state index >= 15 is 0 Å². The van der Waals surface area contributed by atoms with E-state index in [0.717, 1.165) is 34.2 Å². The van der Waals surface area contributed by atoms with Gasteiger partial charge in [-0.15, -0.1) is 0 Å². The monoisotopic (exact) mass is 713 g/mol. The normalized spacial score (nSPS) is 13.1. The highest BCUT2D eigenvalue weighted by atomic mass is 15.0. The summed E-state index contributed by atoms with van der Waals surface area (Å²) in [6.07, 6.45) is 0.942. The van der Waals surface area contributed by atoms with Crippen LogP contribution in [-0.2, 0) is 11.8 Å². The summed E-state index contributed by atoms with van der Waals surface area (Å²) in [6, 6.07) is 72.0. The van der Waals surface area contributed by atoms with Crippen molar-refractivity contribution in [2.24, 2.45) is 0 Å². The molecule has 0 bridgehead atoms. The Bertz CT molecular complexity index is 2820. The van der Waals surface area contributed by atoms with E-state index in [1.54, 1.807) is 0 Å². The number of rotatable bonds is 6. The first-order chi connectivity index (χ1) is 27.8. The van der Waals surface area contributed by atoms with Crippen molar-refractivity contribution in [2.75, 3.05) is 0 Å².